The molecule has 7 nitrogen and oxygen atoms in total. The van der Waals surface area contributed by atoms with Gasteiger partial charge in [-0.15, -0.1) is 0 Å². The first-order chi connectivity index (χ1) is 8.97. The standard InChI is InChI=1S/C12H10N2O5/c1-2-7(15)6-13-11(16)8-4-3-5-9(14(18)19)10(8)12(13)17/h3-5H,2,6H2,1H3. The molecule has 0 N–H and O–H groups in total. The Morgan fingerprint density at radius 3 is 2.58 bits per heavy atom. The summed E-state index contributed by atoms with van der Waals surface area (Å²) >= 11 is 0. The maximum Gasteiger partial charge on any atom is 0.282 e. The number of hydrogen-bond donors (Lipinski definition) is 0. The lowest BCUT2D eigenvalue weighted by atomic mass is 10.1. The largest absolute Gasteiger partial charge is 0.298 e. The minimum Gasteiger partial charge on any atom is -0.298 e. The highest BCUT2D eigenvalue weighted by molar-refractivity contribution is 6.24. The molecule has 19 heavy (non-hydrogen) atoms. The van der Waals surface area contributed by atoms with Crippen LogP contribution < -0.4 is 0 Å². The average molecular weight is 262 g/mol. The van der Waals surface area contributed by atoms with Crippen molar-refractivity contribution in [3.8, 4) is 0 Å². The van der Waals surface area contributed by atoms with Gasteiger partial charge in [0.15, 0.2) is 5.78 Å². The van der Waals surface area contributed by atoms with Gasteiger partial charge in [0.1, 0.15) is 5.56 Å². The van der Waals surface area contributed by atoms with Gasteiger partial charge < -0.3 is 0 Å². The zero-order valence-electron chi connectivity index (χ0n) is 10.1. The highest BCUT2D eigenvalue weighted by Gasteiger charge is 2.41. The number of carbonyl (C=O) groups is 3. The molecule has 0 spiro atoms. The van der Waals surface area contributed by atoms with E-state index in [1.165, 1.54) is 12.1 Å². The molecule has 0 saturated carbocycles. The third-order valence-corrected chi connectivity index (χ3v) is 2.90. The van der Waals surface area contributed by atoms with Crippen LogP contribution in [-0.4, -0.2) is 34.0 Å². The zero-order chi connectivity index (χ0) is 14.2. The molecule has 1 aliphatic rings. The normalized spacial score (nSPS) is 13.6. The number of ketones is 1. The number of nitrogens with zero attached hydrogens (tertiary/aromatic N) is 2. The molecule has 1 aliphatic heterocycles. The second kappa shape index (κ2) is 4.60. The monoisotopic (exact) mass is 262 g/mol. The summed E-state index contributed by atoms with van der Waals surface area (Å²) in [5.74, 6) is -1.73. The molecule has 0 saturated heterocycles. The van der Waals surface area contributed by atoms with Crippen LogP contribution in [0.4, 0.5) is 5.69 Å². The number of amides is 2. The van der Waals surface area contributed by atoms with Crippen LogP contribution in [0.2, 0.25) is 0 Å². The molecule has 0 bridgehead atoms. The highest BCUT2D eigenvalue weighted by Crippen LogP contribution is 2.30. The lowest BCUT2D eigenvalue weighted by Gasteiger charge is -2.11. The van der Waals surface area contributed by atoms with E-state index in [0.29, 0.717) is 0 Å². The molecule has 1 aromatic carbocycles. The van der Waals surface area contributed by atoms with Gasteiger partial charge in [-0.05, 0) is 6.07 Å². The predicted octanol–water partition coefficient (Wildman–Crippen LogP) is 1.17. The van der Waals surface area contributed by atoms with Crippen LogP contribution in [0.1, 0.15) is 34.1 Å². The van der Waals surface area contributed by atoms with Crippen molar-refractivity contribution in [3.05, 3.63) is 39.4 Å². The SMILES string of the molecule is CCC(=O)CN1C(=O)c2cccc([N+](=O)[O-])c2C1=O. The van der Waals surface area contributed by atoms with Crippen molar-refractivity contribution >= 4 is 23.3 Å². The fourth-order valence-corrected chi connectivity index (χ4v) is 1.90. The van der Waals surface area contributed by atoms with Crippen LogP contribution in [-0.2, 0) is 4.79 Å². The number of fused-ring (bicyclic) bond motifs is 1. The number of carbonyl (C=O) groups excluding carboxylic acids is 3. The van der Waals surface area contributed by atoms with Crippen molar-refractivity contribution < 1.29 is 19.3 Å². The molecule has 2 amide bonds. The summed E-state index contributed by atoms with van der Waals surface area (Å²) in [5.41, 5.74) is -0.674. The van der Waals surface area contributed by atoms with Crippen LogP contribution >= 0.6 is 0 Å². The van der Waals surface area contributed by atoms with Crippen molar-refractivity contribution in [3.63, 3.8) is 0 Å². The van der Waals surface area contributed by atoms with E-state index >= 15 is 0 Å². The number of nitro groups is 1. The third kappa shape index (κ3) is 1.99. The van der Waals surface area contributed by atoms with Gasteiger partial charge in [0, 0.05) is 12.5 Å². The van der Waals surface area contributed by atoms with E-state index in [4.69, 9.17) is 0 Å². The molecule has 0 aromatic heterocycles. The number of Topliss-reactive ketones (excluding diaryl/α,β-unsaturated/α-hetero) is 1. The number of nitro benzene ring substituents is 1. The van der Waals surface area contributed by atoms with E-state index < -0.39 is 22.4 Å². The van der Waals surface area contributed by atoms with Crippen LogP contribution in [0.3, 0.4) is 0 Å². The molecule has 1 aromatic rings. The number of imide groups is 1. The van der Waals surface area contributed by atoms with Gasteiger partial charge in [-0.2, -0.15) is 0 Å². The van der Waals surface area contributed by atoms with Crippen LogP contribution in [0, 0.1) is 10.1 Å². The summed E-state index contributed by atoms with van der Waals surface area (Å²) in [4.78, 5) is 46.2. The fourth-order valence-electron chi connectivity index (χ4n) is 1.90. The Kier molecular flexibility index (Phi) is 3.12. The maximum absolute atomic E-state index is 12.0. The minimum absolute atomic E-state index is 0.0249. The van der Waals surface area contributed by atoms with Crippen molar-refractivity contribution in [1.29, 1.82) is 0 Å². The van der Waals surface area contributed by atoms with Crippen molar-refractivity contribution in [2.24, 2.45) is 0 Å². The topological polar surface area (TPSA) is 97.6 Å². The smallest absolute Gasteiger partial charge is 0.282 e. The lowest BCUT2D eigenvalue weighted by molar-refractivity contribution is -0.385. The van der Waals surface area contributed by atoms with E-state index in [2.05, 4.69) is 0 Å². The minimum atomic E-state index is -0.783. The van der Waals surface area contributed by atoms with Crippen LogP contribution in [0.15, 0.2) is 18.2 Å². The molecular weight excluding hydrogens is 252 g/mol. The Morgan fingerprint density at radius 2 is 2.00 bits per heavy atom. The maximum atomic E-state index is 12.0. The fraction of sp³-hybridized carbons (Fsp3) is 0.250. The van der Waals surface area contributed by atoms with Gasteiger partial charge in [0.2, 0.25) is 0 Å². The molecule has 0 atom stereocenters. The van der Waals surface area contributed by atoms with Gasteiger partial charge in [-0.25, -0.2) is 0 Å². The van der Waals surface area contributed by atoms with Gasteiger partial charge in [-0.1, -0.05) is 13.0 Å². The lowest BCUT2D eigenvalue weighted by Crippen LogP contribution is -2.34. The Hall–Kier alpha value is -2.57. The predicted molar refractivity (Wildman–Crippen MR) is 63.8 cm³/mol. The summed E-state index contributed by atoms with van der Waals surface area (Å²) in [6.45, 7) is 1.27. The molecule has 7 heteroatoms. The summed E-state index contributed by atoms with van der Waals surface area (Å²) in [6, 6.07) is 3.85. The van der Waals surface area contributed by atoms with Gasteiger partial charge in [0.25, 0.3) is 17.5 Å². The molecule has 0 aliphatic carbocycles. The second-order valence-corrected chi connectivity index (χ2v) is 4.05. The number of hydrogen-bond acceptors (Lipinski definition) is 5. The first-order valence-corrected chi connectivity index (χ1v) is 5.62. The van der Waals surface area contributed by atoms with Crippen molar-refractivity contribution in [1.82, 2.24) is 4.90 Å². The van der Waals surface area contributed by atoms with Crippen LogP contribution in [0.25, 0.3) is 0 Å². The van der Waals surface area contributed by atoms with Gasteiger partial charge in [-0.3, -0.25) is 29.4 Å². The van der Waals surface area contributed by atoms with Gasteiger partial charge >= 0.3 is 0 Å². The summed E-state index contributed by atoms with van der Waals surface area (Å²) in [7, 11) is 0. The molecular formula is C12H10N2O5. The van der Waals surface area contributed by atoms with Crippen LogP contribution in [0.5, 0.6) is 0 Å². The first-order valence-electron chi connectivity index (χ1n) is 5.62. The number of rotatable bonds is 4. The number of benzene rings is 1. The molecule has 0 radical (unpaired) electrons. The molecule has 2 rings (SSSR count). The summed E-state index contributed by atoms with van der Waals surface area (Å²) in [6.07, 6.45) is 0.190. The molecule has 98 valence electrons. The Morgan fingerprint density at radius 1 is 1.32 bits per heavy atom. The van der Waals surface area contributed by atoms with E-state index in [0.717, 1.165) is 11.0 Å². The molecule has 0 unspecified atom stereocenters. The molecule has 0 fully saturated rings. The quantitative estimate of drug-likeness (QED) is 0.461. The first kappa shape index (κ1) is 12.9. The van der Waals surface area contributed by atoms with Crippen molar-refractivity contribution in [2.45, 2.75) is 13.3 Å². The summed E-state index contributed by atoms with van der Waals surface area (Å²) < 4.78 is 0. The van der Waals surface area contributed by atoms with Gasteiger partial charge in [0.05, 0.1) is 17.0 Å². The summed E-state index contributed by atoms with van der Waals surface area (Å²) in [5, 5.41) is 10.9. The molecule has 1 heterocycles. The Labute approximate surface area is 108 Å². The van der Waals surface area contributed by atoms with E-state index in [1.54, 1.807) is 6.92 Å². The Bertz CT molecular complexity index is 608. The average Bonchev–Trinajstić information content (AvgIpc) is 2.63. The highest BCUT2D eigenvalue weighted by atomic mass is 16.6. The Balaban J connectivity index is 2.47. The third-order valence-electron chi connectivity index (χ3n) is 2.90. The van der Waals surface area contributed by atoms with E-state index in [1.807, 2.05) is 0 Å². The second-order valence-electron chi connectivity index (χ2n) is 4.05. The van der Waals surface area contributed by atoms with E-state index in [9.17, 15) is 24.5 Å². The zero-order valence-corrected chi connectivity index (χ0v) is 10.1. The van der Waals surface area contributed by atoms with Crippen molar-refractivity contribution in [2.75, 3.05) is 6.54 Å². The van der Waals surface area contributed by atoms with E-state index in [-0.39, 0.29) is 29.9 Å².